The molecule has 4 N–H and O–H groups in total. The topological polar surface area (TPSA) is 147 Å². The molecule has 1 aliphatic heterocycles. The maximum absolute atomic E-state index is 12.3. The van der Waals surface area contributed by atoms with Crippen molar-refractivity contribution in [2.24, 2.45) is 5.10 Å². The monoisotopic (exact) mass is 485 g/mol. The van der Waals surface area contributed by atoms with Gasteiger partial charge >= 0.3 is 0 Å². The molecular weight excluding hydrogens is 462 g/mol. The molecule has 0 unspecified atom stereocenters. The fourth-order valence-corrected chi connectivity index (χ4v) is 3.65. The summed E-state index contributed by atoms with van der Waals surface area (Å²) in [5.41, 5.74) is 4.11. The van der Waals surface area contributed by atoms with Crippen LogP contribution in [0, 0.1) is 0 Å². The average molecular weight is 486 g/mol. The maximum atomic E-state index is 12.3. The molecule has 0 saturated carbocycles. The van der Waals surface area contributed by atoms with Crippen molar-refractivity contribution in [3.63, 3.8) is 0 Å². The Kier molecular flexibility index (Phi) is 7.22. The first kappa shape index (κ1) is 23.0. The minimum absolute atomic E-state index is 0.0820. The van der Waals surface area contributed by atoms with Gasteiger partial charge in [-0.1, -0.05) is 11.8 Å². The summed E-state index contributed by atoms with van der Waals surface area (Å²) in [6.45, 7) is 0.981. The van der Waals surface area contributed by atoms with Crippen molar-refractivity contribution in [3.8, 4) is 23.0 Å². The fourth-order valence-electron chi connectivity index (χ4n) is 3.00. The van der Waals surface area contributed by atoms with Gasteiger partial charge in [0, 0.05) is 11.8 Å². The Morgan fingerprint density at radius 1 is 1.15 bits per heavy atom. The van der Waals surface area contributed by atoms with Crippen LogP contribution in [0.25, 0.3) is 0 Å². The van der Waals surface area contributed by atoms with Crippen molar-refractivity contribution < 1.29 is 23.7 Å². The van der Waals surface area contributed by atoms with Crippen molar-refractivity contribution >= 4 is 35.5 Å². The smallest absolute Gasteiger partial charge is 0.264 e. The van der Waals surface area contributed by atoms with Gasteiger partial charge in [0.1, 0.15) is 13.2 Å². The second-order valence-corrected chi connectivity index (χ2v) is 7.80. The minimum atomic E-state index is -0.231. The summed E-state index contributed by atoms with van der Waals surface area (Å²) < 4.78 is 22.7. The molecule has 13 heteroatoms. The van der Waals surface area contributed by atoms with Crippen molar-refractivity contribution in [1.82, 2.24) is 14.9 Å². The summed E-state index contributed by atoms with van der Waals surface area (Å²) in [4.78, 5) is 12.3. The number of carbonyl (C=O) groups is 1. The lowest BCUT2D eigenvalue weighted by molar-refractivity contribution is -0.113. The minimum Gasteiger partial charge on any atom is -0.493 e. The Labute approximate surface area is 199 Å². The number of nitrogens with two attached hydrogens (primary N) is 1. The number of ether oxygens (including phenoxy) is 4. The molecule has 2 aromatic carbocycles. The van der Waals surface area contributed by atoms with Gasteiger partial charge in [0.25, 0.3) is 5.95 Å². The van der Waals surface area contributed by atoms with E-state index >= 15 is 0 Å². The summed E-state index contributed by atoms with van der Waals surface area (Å²) >= 11 is 1.14. The SMILES string of the molecule is COc1ccc(/C=N/Nc2nnc(SCC(=O)Nc3ccc4c(c3)OCCO4)n2N)cc1OC. The number of nitrogens with one attached hydrogen (secondary N) is 2. The Bertz CT molecular complexity index is 1200. The van der Waals surface area contributed by atoms with Crippen LogP contribution in [-0.4, -0.2) is 60.2 Å². The van der Waals surface area contributed by atoms with E-state index in [9.17, 15) is 4.79 Å². The van der Waals surface area contributed by atoms with E-state index in [0.717, 1.165) is 17.3 Å². The number of benzene rings is 2. The molecule has 0 bridgehead atoms. The van der Waals surface area contributed by atoms with Gasteiger partial charge in [0.2, 0.25) is 11.1 Å². The number of amides is 1. The fraction of sp³-hybridized carbons (Fsp3) is 0.238. The second kappa shape index (κ2) is 10.7. The molecule has 178 valence electrons. The van der Waals surface area contributed by atoms with E-state index < -0.39 is 0 Å². The number of nitrogens with zero attached hydrogens (tertiary/aromatic N) is 4. The number of thioether (sulfide) groups is 1. The van der Waals surface area contributed by atoms with E-state index in [1.807, 2.05) is 6.07 Å². The number of aromatic nitrogens is 3. The summed E-state index contributed by atoms with van der Waals surface area (Å²) in [6, 6.07) is 10.6. The molecule has 34 heavy (non-hydrogen) atoms. The molecule has 0 atom stereocenters. The van der Waals surface area contributed by atoms with Gasteiger partial charge in [-0.05, 0) is 35.9 Å². The first-order valence-corrected chi connectivity index (χ1v) is 11.1. The van der Waals surface area contributed by atoms with E-state index in [1.165, 1.54) is 4.68 Å². The molecule has 4 rings (SSSR count). The normalized spacial score (nSPS) is 12.4. The number of methoxy groups -OCH3 is 2. The third-order valence-electron chi connectivity index (χ3n) is 4.61. The van der Waals surface area contributed by atoms with Crippen molar-refractivity contribution in [2.75, 3.05) is 49.8 Å². The molecule has 0 aliphatic carbocycles. The highest BCUT2D eigenvalue weighted by Crippen LogP contribution is 2.32. The number of rotatable bonds is 9. The van der Waals surface area contributed by atoms with Gasteiger partial charge < -0.3 is 30.1 Å². The van der Waals surface area contributed by atoms with Crippen LogP contribution in [-0.2, 0) is 4.79 Å². The molecule has 3 aromatic rings. The first-order valence-electron chi connectivity index (χ1n) is 10.1. The van der Waals surface area contributed by atoms with Crippen molar-refractivity contribution in [2.45, 2.75) is 5.16 Å². The lowest BCUT2D eigenvalue weighted by atomic mass is 10.2. The number of hydrazone groups is 1. The first-order chi connectivity index (χ1) is 16.6. The van der Waals surface area contributed by atoms with E-state index in [0.29, 0.717) is 47.1 Å². The molecular formula is C21H23N7O5S. The number of nitrogen functional groups attached to an aromatic ring is 1. The third kappa shape index (κ3) is 5.43. The molecule has 0 saturated heterocycles. The Morgan fingerprint density at radius 3 is 2.74 bits per heavy atom. The summed E-state index contributed by atoms with van der Waals surface area (Å²) in [5.74, 6) is 8.54. The van der Waals surface area contributed by atoms with Gasteiger partial charge in [-0.3, -0.25) is 4.79 Å². The van der Waals surface area contributed by atoms with Crippen LogP contribution in [0.1, 0.15) is 5.56 Å². The highest BCUT2D eigenvalue weighted by atomic mass is 32.2. The lowest BCUT2D eigenvalue weighted by Gasteiger charge is -2.18. The molecule has 1 aromatic heterocycles. The van der Waals surface area contributed by atoms with Crippen molar-refractivity contribution in [1.29, 1.82) is 0 Å². The molecule has 0 fully saturated rings. The highest BCUT2D eigenvalue weighted by molar-refractivity contribution is 7.99. The van der Waals surface area contributed by atoms with Crippen LogP contribution in [0.15, 0.2) is 46.7 Å². The van der Waals surface area contributed by atoms with Crippen LogP contribution in [0.2, 0.25) is 0 Å². The zero-order chi connectivity index (χ0) is 23.9. The Morgan fingerprint density at radius 2 is 1.94 bits per heavy atom. The molecule has 12 nitrogen and oxygen atoms in total. The second-order valence-electron chi connectivity index (χ2n) is 6.86. The zero-order valence-electron chi connectivity index (χ0n) is 18.5. The predicted molar refractivity (Wildman–Crippen MR) is 128 cm³/mol. The highest BCUT2D eigenvalue weighted by Gasteiger charge is 2.15. The van der Waals surface area contributed by atoms with Crippen LogP contribution in [0.5, 0.6) is 23.0 Å². The van der Waals surface area contributed by atoms with Gasteiger partial charge in [-0.25, -0.2) is 10.1 Å². The number of carbonyl (C=O) groups excluding carboxylic acids is 1. The van der Waals surface area contributed by atoms with E-state index in [1.54, 1.807) is 50.8 Å². The Hall–Kier alpha value is -4.13. The zero-order valence-corrected chi connectivity index (χ0v) is 19.3. The van der Waals surface area contributed by atoms with E-state index in [4.69, 9.17) is 24.8 Å². The number of fused-ring (bicyclic) bond motifs is 1. The number of hydrogen-bond donors (Lipinski definition) is 3. The molecule has 2 heterocycles. The van der Waals surface area contributed by atoms with E-state index in [2.05, 4.69) is 26.0 Å². The lowest BCUT2D eigenvalue weighted by Crippen LogP contribution is -2.18. The number of hydrogen-bond acceptors (Lipinski definition) is 11. The van der Waals surface area contributed by atoms with Crippen molar-refractivity contribution in [3.05, 3.63) is 42.0 Å². The Balaban J connectivity index is 1.30. The van der Waals surface area contributed by atoms with Gasteiger partial charge in [-0.15, -0.1) is 10.2 Å². The summed E-state index contributed by atoms with van der Waals surface area (Å²) in [5, 5.41) is 15.2. The molecule has 1 aliphatic rings. The molecule has 0 radical (unpaired) electrons. The van der Waals surface area contributed by atoms with Crippen LogP contribution >= 0.6 is 11.8 Å². The van der Waals surface area contributed by atoms with Gasteiger partial charge in [0.05, 0.1) is 26.2 Å². The van der Waals surface area contributed by atoms with Crippen LogP contribution < -0.4 is 35.5 Å². The number of anilines is 2. The summed E-state index contributed by atoms with van der Waals surface area (Å²) in [7, 11) is 3.13. The average Bonchev–Trinajstić information content (AvgIpc) is 3.21. The van der Waals surface area contributed by atoms with E-state index in [-0.39, 0.29) is 17.6 Å². The predicted octanol–water partition coefficient (Wildman–Crippen LogP) is 1.96. The standard InChI is InChI=1S/C21H23N7O5S/c1-30-15-5-3-13(9-17(15)31-2)11-23-25-20-26-27-21(28(20)22)34-12-19(29)24-14-4-6-16-18(10-14)33-8-7-32-16/h3-6,9-11H,7-8,12,22H2,1-2H3,(H,24,29)(H,25,26)/b23-11+. The molecule has 1 amide bonds. The molecule has 0 spiro atoms. The third-order valence-corrected chi connectivity index (χ3v) is 5.55. The van der Waals surface area contributed by atoms with Gasteiger partial charge in [0.15, 0.2) is 23.0 Å². The quantitative estimate of drug-likeness (QED) is 0.178. The van der Waals surface area contributed by atoms with Crippen LogP contribution in [0.3, 0.4) is 0 Å². The maximum Gasteiger partial charge on any atom is 0.264 e. The summed E-state index contributed by atoms with van der Waals surface area (Å²) in [6.07, 6.45) is 1.57. The largest absolute Gasteiger partial charge is 0.493 e. The van der Waals surface area contributed by atoms with Gasteiger partial charge in [-0.2, -0.15) is 5.10 Å². The van der Waals surface area contributed by atoms with Crippen LogP contribution in [0.4, 0.5) is 11.6 Å².